The van der Waals surface area contributed by atoms with Crippen molar-refractivity contribution in [1.29, 1.82) is 0 Å². The molecular formula is C6H13NO2. The highest BCUT2D eigenvalue weighted by Crippen LogP contribution is 2.06. The Bertz CT molecular complexity index is 79.1. The summed E-state index contributed by atoms with van der Waals surface area (Å²) in [5, 5.41) is 20.6. The van der Waals surface area contributed by atoms with Crippen LogP contribution < -0.4 is 5.32 Å². The lowest BCUT2D eigenvalue weighted by Gasteiger charge is -2.25. The molecule has 1 saturated heterocycles. The summed E-state index contributed by atoms with van der Waals surface area (Å²) in [6, 6.07) is 0.216. The maximum atomic E-state index is 8.98. The average molecular weight is 131 g/mol. The Morgan fingerprint density at radius 3 is 2.67 bits per heavy atom. The topological polar surface area (TPSA) is 52.5 Å². The maximum Gasteiger partial charge on any atom is 0.0665 e. The first-order valence-corrected chi connectivity index (χ1v) is 3.35. The molecule has 9 heavy (non-hydrogen) atoms. The highest BCUT2D eigenvalue weighted by atomic mass is 16.3. The number of rotatable bonds is 1. The molecule has 0 aromatic rings. The van der Waals surface area contributed by atoms with Gasteiger partial charge in [0, 0.05) is 12.6 Å². The molecule has 0 bridgehead atoms. The SMILES string of the molecule is OC[C@@H]1CC[C@H](O)CN1. The predicted molar refractivity (Wildman–Crippen MR) is 34.1 cm³/mol. The molecule has 0 unspecified atom stereocenters. The van der Waals surface area contributed by atoms with Gasteiger partial charge in [0.05, 0.1) is 12.7 Å². The van der Waals surface area contributed by atoms with E-state index in [0.29, 0.717) is 6.54 Å². The number of aliphatic hydroxyl groups excluding tert-OH is 2. The van der Waals surface area contributed by atoms with Crippen molar-refractivity contribution in [2.45, 2.75) is 25.0 Å². The summed E-state index contributed by atoms with van der Waals surface area (Å²) in [6.07, 6.45) is 1.50. The highest BCUT2D eigenvalue weighted by molar-refractivity contribution is 4.75. The lowest BCUT2D eigenvalue weighted by Crippen LogP contribution is -2.43. The molecule has 3 N–H and O–H groups in total. The molecule has 0 aliphatic carbocycles. The lowest BCUT2D eigenvalue weighted by atomic mass is 10.0. The zero-order valence-electron chi connectivity index (χ0n) is 5.38. The fraction of sp³-hybridized carbons (Fsp3) is 1.00. The molecule has 3 nitrogen and oxygen atoms in total. The average Bonchev–Trinajstić information content (AvgIpc) is 1.90. The first kappa shape index (κ1) is 6.99. The van der Waals surface area contributed by atoms with Gasteiger partial charge in [-0.3, -0.25) is 0 Å². The summed E-state index contributed by atoms with van der Waals surface area (Å²) in [5.41, 5.74) is 0. The van der Waals surface area contributed by atoms with Gasteiger partial charge in [-0.15, -0.1) is 0 Å². The molecule has 0 saturated carbocycles. The van der Waals surface area contributed by atoms with Crippen LogP contribution in [0.1, 0.15) is 12.8 Å². The van der Waals surface area contributed by atoms with Crippen LogP contribution in [-0.4, -0.2) is 35.5 Å². The molecule has 0 spiro atoms. The van der Waals surface area contributed by atoms with Crippen molar-refractivity contribution in [3.05, 3.63) is 0 Å². The normalized spacial score (nSPS) is 36.7. The Balaban J connectivity index is 2.18. The van der Waals surface area contributed by atoms with Crippen molar-refractivity contribution < 1.29 is 10.2 Å². The van der Waals surface area contributed by atoms with E-state index in [1.165, 1.54) is 0 Å². The zero-order chi connectivity index (χ0) is 6.69. The van der Waals surface area contributed by atoms with Gasteiger partial charge in [0.1, 0.15) is 0 Å². The minimum Gasteiger partial charge on any atom is -0.395 e. The molecule has 1 aliphatic rings. The zero-order valence-corrected chi connectivity index (χ0v) is 5.38. The van der Waals surface area contributed by atoms with Crippen LogP contribution in [0.3, 0.4) is 0 Å². The molecule has 3 heteroatoms. The second-order valence-corrected chi connectivity index (χ2v) is 2.52. The van der Waals surface area contributed by atoms with E-state index in [-0.39, 0.29) is 18.8 Å². The van der Waals surface area contributed by atoms with Crippen molar-refractivity contribution in [3.8, 4) is 0 Å². The maximum absolute atomic E-state index is 8.98. The van der Waals surface area contributed by atoms with E-state index < -0.39 is 0 Å². The summed E-state index contributed by atoms with van der Waals surface area (Å²) >= 11 is 0. The van der Waals surface area contributed by atoms with Gasteiger partial charge < -0.3 is 15.5 Å². The molecule has 0 radical (unpaired) electrons. The molecule has 1 heterocycles. The van der Waals surface area contributed by atoms with Gasteiger partial charge >= 0.3 is 0 Å². The van der Waals surface area contributed by atoms with Gasteiger partial charge in [0.25, 0.3) is 0 Å². The molecular weight excluding hydrogens is 118 g/mol. The number of β-amino-alcohol motifs (C(OH)–C–C–N with tert-alkyl or cyclic N) is 1. The van der Waals surface area contributed by atoms with Crippen molar-refractivity contribution >= 4 is 0 Å². The number of hydrogen-bond acceptors (Lipinski definition) is 3. The molecule has 54 valence electrons. The third-order valence-electron chi connectivity index (χ3n) is 1.71. The minimum atomic E-state index is -0.201. The fourth-order valence-electron chi connectivity index (χ4n) is 1.06. The Hall–Kier alpha value is -0.120. The van der Waals surface area contributed by atoms with E-state index in [1.54, 1.807) is 0 Å². The van der Waals surface area contributed by atoms with Gasteiger partial charge in [-0.05, 0) is 12.8 Å². The molecule has 1 rings (SSSR count). The second kappa shape index (κ2) is 3.15. The van der Waals surface area contributed by atoms with Crippen LogP contribution in [0.2, 0.25) is 0 Å². The summed E-state index contributed by atoms with van der Waals surface area (Å²) in [6.45, 7) is 0.817. The van der Waals surface area contributed by atoms with E-state index in [4.69, 9.17) is 10.2 Å². The van der Waals surface area contributed by atoms with Gasteiger partial charge in [-0.1, -0.05) is 0 Å². The molecule has 0 amide bonds. The fourth-order valence-corrected chi connectivity index (χ4v) is 1.06. The first-order valence-electron chi connectivity index (χ1n) is 3.35. The lowest BCUT2D eigenvalue weighted by molar-refractivity contribution is 0.108. The van der Waals surface area contributed by atoms with Crippen molar-refractivity contribution in [2.75, 3.05) is 13.2 Å². The highest BCUT2D eigenvalue weighted by Gasteiger charge is 2.16. The van der Waals surface area contributed by atoms with Gasteiger partial charge in [0.2, 0.25) is 0 Å². The van der Waals surface area contributed by atoms with Crippen LogP contribution in [0, 0.1) is 0 Å². The summed E-state index contributed by atoms with van der Waals surface area (Å²) < 4.78 is 0. The molecule has 1 aliphatic heterocycles. The summed E-state index contributed by atoms with van der Waals surface area (Å²) in [5.74, 6) is 0. The second-order valence-electron chi connectivity index (χ2n) is 2.52. The van der Waals surface area contributed by atoms with E-state index >= 15 is 0 Å². The Kier molecular flexibility index (Phi) is 2.45. The molecule has 2 atom stereocenters. The van der Waals surface area contributed by atoms with Crippen molar-refractivity contribution in [3.63, 3.8) is 0 Å². The van der Waals surface area contributed by atoms with Crippen molar-refractivity contribution in [1.82, 2.24) is 5.32 Å². The number of nitrogens with one attached hydrogen (secondary N) is 1. The third-order valence-corrected chi connectivity index (χ3v) is 1.71. The smallest absolute Gasteiger partial charge is 0.0665 e. The Morgan fingerprint density at radius 2 is 2.22 bits per heavy atom. The Morgan fingerprint density at radius 1 is 1.44 bits per heavy atom. The van der Waals surface area contributed by atoms with Crippen LogP contribution >= 0.6 is 0 Å². The predicted octanol–water partition coefficient (Wildman–Crippen LogP) is -0.908. The Labute approximate surface area is 54.7 Å². The van der Waals surface area contributed by atoms with Crippen LogP contribution in [0.4, 0.5) is 0 Å². The third kappa shape index (κ3) is 1.93. The number of piperidine rings is 1. The van der Waals surface area contributed by atoms with E-state index in [0.717, 1.165) is 12.8 Å². The van der Waals surface area contributed by atoms with E-state index in [9.17, 15) is 0 Å². The van der Waals surface area contributed by atoms with Crippen LogP contribution in [0.25, 0.3) is 0 Å². The van der Waals surface area contributed by atoms with Gasteiger partial charge in [0.15, 0.2) is 0 Å². The van der Waals surface area contributed by atoms with Crippen LogP contribution in [0.15, 0.2) is 0 Å². The standard InChI is InChI=1S/C6H13NO2/c8-4-5-1-2-6(9)3-7-5/h5-9H,1-4H2/t5-,6-/m0/s1. The molecule has 0 aromatic heterocycles. The van der Waals surface area contributed by atoms with Crippen LogP contribution in [0.5, 0.6) is 0 Å². The first-order chi connectivity index (χ1) is 4.33. The number of hydrogen-bond donors (Lipinski definition) is 3. The minimum absolute atomic E-state index is 0.187. The van der Waals surface area contributed by atoms with Gasteiger partial charge in [-0.25, -0.2) is 0 Å². The monoisotopic (exact) mass is 131 g/mol. The van der Waals surface area contributed by atoms with Crippen molar-refractivity contribution in [2.24, 2.45) is 0 Å². The molecule has 1 fully saturated rings. The van der Waals surface area contributed by atoms with Gasteiger partial charge in [-0.2, -0.15) is 0 Å². The number of aliphatic hydroxyl groups is 2. The van der Waals surface area contributed by atoms with E-state index in [2.05, 4.69) is 5.32 Å². The molecule has 0 aromatic carbocycles. The largest absolute Gasteiger partial charge is 0.395 e. The summed E-state index contributed by atoms with van der Waals surface area (Å²) in [7, 11) is 0. The summed E-state index contributed by atoms with van der Waals surface area (Å²) in [4.78, 5) is 0. The van der Waals surface area contributed by atoms with E-state index in [1.807, 2.05) is 0 Å². The van der Waals surface area contributed by atoms with Crippen LogP contribution in [-0.2, 0) is 0 Å². The quantitative estimate of drug-likeness (QED) is 0.432.